The highest BCUT2D eigenvalue weighted by Gasteiger charge is 2.56. The minimum atomic E-state index is -5.76. The van der Waals surface area contributed by atoms with Gasteiger partial charge in [0, 0.05) is 16.7 Å². The predicted octanol–water partition coefficient (Wildman–Crippen LogP) is 22.9. The molecule has 2 atom stereocenters. The normalized spacial score (nSPS) is 15.0. The monoisotopic (exact) mass is 1530 g/mol. The lowest BCUT2D eigenvalue weighted by atomic mass is 9.69. The molecule has 0 bridgehead atoms. The van der Waals surface area contributed by atoms with Crippen molar-refractivity contribution < 1.29 is 180 Å². The summed E-state index contributed by atoms with van der Waals surface area (Å²) < 4.78 is 651. The van der Waals surface area contributed by atoms with E-state index in [1.807, 2.05) is 0 Å². The summed E-state index contributed by atoms with van der Waals surface area (Å²) >= 11 is 0. The first-order valence-corrected chi connectivity index (χ1v) is 26.1. The number of hydrogen-bond donors (Lipinski definition) is 0. The lowest BCUT2D eigenvalue weighted by molar-refractivity contribution is 0.207. The Labute approximate surface area is 537 Å². The molecule has 0 saturated heterocycles. The van der Waals surface area contributed by atoms with Crippen LogP contribution in [0.3, 0.4) is 0 Å². The van der Waals surface area contributed by atoms with Crippen molar-refractivity contribution in [2.45, 2.75) is 25.4 Å². The Hall–Kier alpha value is -10.4. The molecule has 10 rings (SSSR count). The molecule has 0 N–H and O–H groups in total. The largest absolute Gasteiger partial charge is 0.238 e. The Morgan fingerprint density at radius 1 is 0.184 bits per heavy atom. The van der Waals surface area contributed by atoms with E-state index < -0.39 is 351 Å². The van der Waals surface area contributed by atoms with Gasteiger partial charge in [-0.2, -0.15) is 0 Å². The van der Waals surface area contributed by atoms with E-state index in [1.165, 1.54) is 0 Å². The van der Waals surface area contributed by atoms with Gasteiger partial charge in [-0.3, -0.25) is 0 Å². The van der Waals surface area contributed by atoms with E-state index in [0.717, 1.165) is 0 Å². The minimum Gasteiger partial charge on any atom is -0.238 e. The van der Waals surface area contributed by atoms with Crippen molar-refractivity contribution in [3.05, 3.63) is 255 Å². The SMILES string of the molecule is Cc1c(F)c(C2C(F)=C(c3c(F)c(-c4c(F)c(F)c(-c5c(F)c(F)c(F)c(F)c5F)c(F)c4F)c(F)c(-c4c(F)c(F)c(-c5c(F)c(F)c(F)c(F)c5F)c(F)c4F)c3F)C(F)=C(c3c(F)c(F)c(-c4c(F)c(F)c(F)c(F)c4F)c(F)c3F)C2(C)F)c(F)c(F)c1-c1c(F)c(F)c(F)c(F)c1F. The smallest absolute Gasteiger partial charge is 0.200 e. The number of alkyl halides is 1. The average Bonchev–Trinajstić information content (AvgIpc) is 0.701. The van der Waals surface area contributed by atoms with Crippen molar-refractivity contribution in [3.8, 4) is 66.8 Å². The van der Waals surface area contributed by atoms with Gasteiger partial charge in [0.2, 0.25) is 23.3 Å². The molecule has 0 heterocycles. The van der Waals surface area contributed by atoms with Crippen LogP contribution < -0.4 is 0 Å². The fourth-order valence-corrected chi connectivity index (χ4v) is 11.1. The Bertz CT molecular complexity index is 5090. The van der Waals surface area contributed by atoms with Crippen molar-refractivity contribution in [3.63, 3.8) is 0 Å². The van der Waals surface area contributed by atoms with Gasteiger partial charge in [-0.25, -0.2) is 180 Å². The summed E-state index contributed by atoms with van der Waals surface area (Å²) in [7, 11) is 0. The van der Waals surface area contributed by atoms with E-state index in [1.54, 1.807) is 0 Å². The van der Waals surface area contributed by atoms with Gasteiger partial charge in [0.05, 0.1) is 83.8 Å². The maximum atomic E-state index is 18.4. The first-order chi connectivity index (χ1) is 47.6. The van der Waals surface area contributed by atoms with Crippen molar-refractivity contribution in [2.75, 3.05) is 0 Å². The van der Waals surface area contributed by atoms with Crippen LogP contribution in [0.4, 0.5) is 180 Å². The molecule has 41 heteroatoms. The van der Waals surface area contributed by atoms with E-state index >= 15 is 127 Å². The van der Waals surface area contributed by atoms with Crippen LogP contribution >= 0.6 is 0 Å². The first kappa shape index (κ1) is 75.3. The predicted molar refractivity (Wildman–Crippen MR) is 263 cm³/mol. The Kier molecular flexibility index (Phi) is 18.4. The molecule has 0 aliphatic heterocycles. The van der Waals surface area contributed by atoms with Gasteiger partial charge < -0.3 is 0 Å². The van der Waals surface area contributed by atoms with Gasteiger partial charge in [0.25, 0.3) is 0 Å². The second kappa shape index (κ2) is 25.2. The number of allylic oxidation sites excluding steroid dienone is 4. The molecule has 9 aromatic carbocycles. The maximum Gasteiger partial charge on any atom is 0.200 e. The summed E-state index contributed by atoms with van der Waals surface area (Å²) in [5, 5.41) is 0. The molecule has 0 radical (unpaired) electrons. The van der Waals surface area contributed by atoms with Crippen molar-refractivity contribution in [1.29, 1.82) is 0 Å². The zero-order chi connectivity index (χ0) is 77.6. The highest BCUT2D eigenvalue weighted by atomic mass is 19.2. The quantitative estimate of drug-likeness (QED) is 0.0768. The molecule has 2 unspecified atom stereocenters. The molecule has 103 heavy (non-hydrogen) atoms. The summed E-state index contributed by atoms with van der Waals surface area (Å²) in [4.78, 5) is 0. The van der Waals surface area contributed by atoms with Crippen LogP contribution in [0, 0.1) is 228 Å². The van der Waals surface area contributed by atoms with E-state index in [0.29, 0.717) is 0 Å². The standard InChI is InChI=1S/C62H7F41/c1-3-4(5-39(80)50(91)58(99)51(92)40(5)81)28(69)47(88)18(22(3)63)20-26(67)9(27(68)21(62(20,2)103)19-48(89)37(78)14(38(79)49(19)90)17-45(86)56(97)61(102)57(98)46(17)87)6-23(64)7(10-29(70)33(74)12(34(75)30(10)71)15-41(82)52(93)59(100)53(94)42(15)83)25(66)8(24(6)65)11-31(72)35(76)13(36(77)32(11)73)16-43(84)54(95)60(101)55(96)44(16)85/h20H,1-2H3. The highest BCUT2D eigenvalue weighted by Crippen LogP contribution is 2.61. The molecule has 0 fully saturated rings. The molecule has 542 valence electrons. The fourth-order valence-electron chi connectivity index (χ4n) is 11.1. The Balaban J connectivity index is 1.46. The third kappa shape index (κ3) is 10.1. The number of benzene rings is 9. The van der Waals surface area contributed by atoms with E-state index in [-0.39, 0.29) is 6.92 Å². The van der Waals surface area contributed by atoms with E-state index in [2.05, 4.69) is 0 Å². The summed E-state index contributed by atoms with van der Waals surface area (Å²) in [6, 6.07) is 0. The second-order valence-electron chi connectivity index (χ2n) is 21.1. The molecule has 1 aliphatic carbocycles. The zero-order valence-electron chi connectivity index (χ0n) is 47.6. The van der Waals surface area contributed by atoms with Gasteiger partial charge in [-0.15, -0.1) is 0 Å². The van der Waals surface area contributed by atoms with Crippen LogP contribution in [0.5, 0.6) is 0 Å². The number of hydrogen-bond acceptors (Lipinski definition) is 0. The van der Waals surface area contributed by atoms with Gasteiger partial charge in [0.1, 0.15) is 40.6 Å². The average molecular weight is 1530 g/mol. The van der Waals surface area contributed by atoms with Crippen LogP contribution in [0.1, 0.15) is 35.1 Å². The lowest BCUT2D eigenvalue weighted by Crippen LogP contribution is -2.37. The van der Waals surface area contributed by atoms with Crippen molar-refractivity contribution >= 4 is 11.1 Å². The van der Waals surface area contributed by atoms with Crippen molar-refractivity contribution in [1.82, 2.24) is 0 Å². The molecular formula is C62H7F41. The summed E-state index contributed by atoms with van der Waals surface area (Å²) in [5.74, 6) is -151. The molecule has 1 aliphatic rings. The zero-order valence-corrected chi connectivity index (χ0v) is 47.6. The number of halogens is 41. The molecule has 0 nitrogen and oxygen atoms in total. The Morgan fingerprint density at radius 2 is 0.350 bits per heavy atom. The van der Waals surface area contributed by atoms with Crippen LogP contribution in [0.15, 0.2) is 11.7 Å². The van der Waals surface area contributed by atoms with Gasteiger partial charge in [0.15, 0.2) is 175 Å². The van der Waals surface area contributed by atoms with Crippen LogP contribution in [0.25, 0.3) is 77.9 Å². The third-order valence-electron chi connectivity index (χ3n) is 15.8. The molecule has 0 amide bonds. The molecular weight excluding hydrogens is 1520 g/mol. The Morgan fingerprint density at radius 3 is 0.583 bits per heavy atom. The van der Waals surface area contributed by atoms with Gasteiger partial charge in [-0.1, -0.05) is 0 Å². The molecule has 9 aromatic rings. The van der Waals surface area contributed by atoms with E-state index in [9.17, 15) is 52.7 Å². The second-order valence-corrected chi connectivity index (χ2v) is 21.1. The molecule has 0 saturated carbocycles. The summed E-state index contributed by atoms with van der Waals surface area (Å²) in [5.41, 5.74) is -67.1. The minimum absolute atomic E-state index is 0.288. The first-order valence-electron chi connectivity index (χ1n) is 26.1. The van der Waals surface area contributed by atoms with E-state index in [4.69, 9.17) is 0 Å². The lowest BCUT2D eigenvalue weighted by Gasteiger charge is -2.38. The molecule has 0 aromatic heterocycles. The maximum absolute atomic E-state index is 18.4. The summed E-state index contributed by atoms with van der Waals surface area (Å²) in [6.07, 6.45) is 0. The highest BCUT2D eigenvalue weighted by molar-refractivity contribution is 5.98. The van der Waals surface area contributed by atoms with Crippen LogP contribution in [-0.4, -0.2) is 5.67 Å². The van der Waals surface area contributed by atoms with Gasteiger partial charge >= 0.3 is 0 Å². The van der Waals surface area contributed by atoms with Crippen molar-refractivity contribution in [2.24, 2.45) is 0 Å². The van der Waals surface area contributed by atoms with Crippen LogP contribution in [0.2, 0.25) is 0 Å². The molecule has 0 spiro atoms. The summed E-state index contributed by atoms with van der Waals surface area (Å²) in [6.45, 7) is -1.21. The van der Waals surface area contributed by atoms with Crippen LogP contribution in [-0.2, 0) is 0 Å². The van der Waals surface area contributed by atoms with Gasteiger partial charge in [-0.05, 0) is 19.4 Å². The number of rotatable bonds is 9. The third-order valence-corrected chi connectivity index (χ3v) is 15.8. The topological polar surface area (TPSA) is 0 Å². The fraction of sp³-hybridized carbons (Fsp3) is 0.0645.